The Balaban J connectivity index is 3.18. The van der Waals surface area contributed by atoms with Gasteiger partial charge in [-0.05, 0) is 36.5 Å². The predicted molar refractivity (Wildman–Crippen MR) is 89.2 cm³/mol. The lowest BCUT2D eigenvalue weighted by atomic mass is 9.98. The molecule has 4 nitrogen and oxygen atoms in total. The topological polar surface area (TPSA) is 52.6 Å². The SMILES string of the molecule is CCOC(=O)c1cc(Br)c(CC)cc1C(=O)OCC(C)(C)C. The summed E-state index contributed by atoms with van der Waals surface area (Å²) in [5.74, 6) is -1.02. The van der Waals surface area contributed by atoms with Crippen molar-refractivity contribution >= 4 is 27.9 Å². The predicted octanol–water partition coefficient (Wildman–Crippen LogP) is 4.39. The van der Waals surface area contributed by atoms with Gasteiger partial charge in [-0.1, -0.05) is 43.6 Å². The molecule has 0 unspecified atom stereocenters. The van der Waals surface area contributed by atoms with E-state index in [0.717, 1.165) is 16.5 Å². The third kappa shape index (κ3) is 5.13. The Morgan fingerprint density at radius 2 is 1.59 bits per heavy atom. The Morgan fingerprint density at radius 3 is 2.09 bits per heavy atom. The molecule has 5 heteroatoms. The highest BCUT2D eigenvalue weighted by atomic mass is 79.9. The molecule has 0 aliphatic carbocycles. The Bertz CT molecular complexity index is 559. The number of rotatable bonds is 5. The smallest absolute Gasteiger partial charge is 0.339 e. The highest BCUT2D eigenvalue weighted by molar-refractivity contribution is 9.10. The summed E-state index contributed by atoms with van der Waals surface area (Å²) in [5, 5.41) is 0. The number of carbonyl (C=O) groups is 2. The van der Waals surface area contributed by atoms with E-state index in [1.165, 1.54) is 0 Å². The number of aryl methyl sites for hydroxylation is 1. The van der Waals surface area contributed by atoms with Gasteiger partial charge in [-0.3, -0.25) is 0 Å². The van der Waals surface area contributed by atoms with Crippen LogP contribution in [-0.4, -0.2) is 25.2 Å². The van der Waals surface area contributed by atoms with E-state index in [2.05, 4.69) is 15.9 Å². The third-order valence-corrected chi connectivity index (χ3v) is 3.66. The van der Waals surface area contributed by atoms with Crippen molar-refractivity contribution in [2.24, 2.45) is 5.41 Å². The fourth-order valence-corrected chi connectivity index (χ4v) is 2.42. The third-order valence-electron chi connectivity index (χ3n) is 2.92. The van der Waals surface area contributed by atoms with Gasteiger partial charge in [0.15, 0.2) is 0 Å². The molecule has 0 heterocycles. The maximum Gasteiger partial charge on any atom is 0.339 e. The van der Waals surface area contributed by atoms with Crippen molar-refractivity contribution in [2.45, 2.75) is 41.0 Å². The van der Waals surface area contributed by atoms with Crippen LogP contribution >= 0.6 is 15.9 Å². The first-order chi connectivity index (χ1) is 10.2. The summed E-state index contributed by atoms with van der Waals surface area (Å²) in [6, 6.07) is 3.33. The molecule has 0 N–H and O–H groups in total. The van der Waals surface area contributed by atoms with Gasteiger partial charge in [-0.15, -0.1) is 0 Å². The molecule has 0 radical (unpaired) electrons. The average molecular weight is 371 g/mol. The normalized spacial score (nSPS) is 11.2. The van der Waals surface area contributed by atoms with Crippen molar-refractivity contribution in [3.8, 4) is 0 Å². The Labute approximate surface area is 140 Å². The number of carbonyl (C=O) groups excluding carboxylic acids is 2. The van der Waals surface area contributed by atoms with Gasteiger partial charge in [0.1, 0.15) is 0 Å². The van der Waals surface area contributed by atoms with Gasteiger partial charge in [-0.2, -0.15) is 0 Å². The van der Waals surface area contributed by atoms with Gasteiger partial charge >= 0.3 is 11.9 Å². The summed E-state index contributed by atoms with van der Waals surface area (Å²) in [4.78, 5) is 24.4. The number of hydrogen-bond acceptors (Lipinski definition) is 4. The number of esters is 2. The molecule has 0 bridgehead atoms. The molecule has 1 aromatic carbocycles. The van der Waals surface area contributed by atoms with E-state index in [-0.39, 0.29) is 29.8 Å². The number of hydrogen-bond donors (Lipinski definition) is 0. The molecular weight excluding hydrogens is 348 g/mol. The van der Waals surface area contributed by atoms with E-state index >= 15 is 0 Å². The second-order valence-corrected chi connectivity index (χ2v) is 7.05. The van der Waals surface area contributed by atoms with E-state index in [0.29, 0.717) is 0 Å². The van der Waals surface area contributed by atoms with Crippen molar-refractivity contribution < 1.29 is 19.1 Å². The van der Waals surface area contributed by atoms with E-state index in [9.17, 15) is 9.59 Å². The minimum absolute atomic E-state index is 0.136. The van der Waals surface area contributed by atoms with Gasteiger partial charge in [0.25, 0.3) is 0 Å². The number of halogens is 1. The van der Waals surface area contributed by atoms with E-state index in [4.69, 9.17) is 9.47 Å². The van der Waals surface area contributed by atoms with Crippen LogP contribution in [-0.2, 0) is 15.9 Å². The Hall–Kier alpha value is -1.36. The quantitative estimate of drug-likeness (QED) is 0.721. The molecule has 0 aromatic heterocycles. The number of ether oxygens (including phenoxy) is 2. The van der Waals surface area contributed by atoms with E-state index < -0.39 is 11.9 Å². The van der Waals surface area contributed by atoms with E-state index in [1.54, 1.807) is 19.1 Å². The van der Waals surface area contributed by atoms with Crippen LogP contribution in [0.4, 0.5) is 0 Å². The molecule has 22 heavy (non-hydrogen) atoms. The van der Waals surface area contributed by atoms with Crippen LogP contribution < -0.4 is 0 Å². The zero-order valence-corrected chi connectivity index (χ0v) is 15.4. The van der Waals surface area contributed by atoms with Crippen LogP contribution in [0.3, 0.4) is 0 Å². The zero-order chi connectivity index (χ0) is 16.9. The maximum atomic E-state index is 12.4. The second kappa shape index (κ2) is 7.77. The van der Waals surface area contributed by atoms with Gasteiger partial charge < -0.3 is 9.47 Å². The summed E-state index contributed by atoms with van der Waals surface area (Å²) in [6.07, 6.45) is 0.739. The molecule has 0 amide bonds. The fourth-order valence-electron chi connectivity index (χ4n) is 1.80. The zero-order valence-electron chi connectivity index (χ0n) is 13.8. The van der Waals surface area contributed by atoms with Crippen LogP contribution in [0.1, 0.15) is 60.9 Å². The highest BCUT2D eigenvalue weighted by Crippen LogP contribution is 2.25. The van der Waals surface area contributed by atoms with Crippen molar-refractivity contribution in [2.75, 3.05) is 13.2 Å². The second-order valence-electron chi connectivity index (χ2n) is 6.20. The molecule has 0 aliphatic heterocycles. The minimum atomic E-state index is -0.520. The lowest BCUT2D eigenvalue weighted by Gasteiger charge is -2.19. The van der Waals surface area contributed by atoms with Crippen molar-refractivity contribution in [3.05, 3.63) is 33.3 Å². The summed E-state index contributed by atoms with van der Waals surface area (Å²) >= 11 is 3.42. The Morgan fingerprint density at radius 1 is 1.05 bits per heavy atom. The minimum Gasteiger partial charge on any atom is -0.462 e. The van der Waals surface area contributed by atoms with Crippen molar-refractivity contribution in [1.29, 1.82) is 0 Å². The van der Waals surface area contributed by atoms with Crippen LogP contribution in [0.25, 0.3) is 0 Å². The first-order valence-electron chi connectivity index (χ1n) is 7.36. The van der Waals surface area contributed by atoms with Crippen molar-refractivity contribution in [1.82, 2.24) is 0 Å². The lowest BCUT2D eigenvalue weighted by molar-refractivity contribution is 0.0354. The molecule has 1 aromatic rings. The fraction of sp³-hybridized carbons (Fsp3) is 0.529. The van der Waals surface area contributed by atoms with Gasteiger partial charge in [-0.25, -0.2) is 9.59 Å². The molecule has 0 aliphatic rings. The Kier molecular flexibility index (Phi) is 6.60. The average Bonchev–Trinajstić information content (AvgIpc) is 2.43. The summed E-state index contributed by atoms with van der Waals surface area (Å²) in [5.41, 5.74) is 1.28. The van der Waals surface area contributed by atoms with Crippen LogP contribution in [0.5, 0.6) is 0 Å². The van der Waals surface area contributed by atoms with Crippen molar-refractivity contribution in [3.63, 3.8) is 0 Å². The van der Waals surface area contributed by atoms with Gasteiger partial charge in [0.2, 0.25) is 0 Å². The highest BCUT2D eigenvalue weighted by Gasteiger charge is 2.23. The summed E-state index contributed by atoms with van der Waals surface area (Å²) in [6.45, 7) is 10.2. The monoisotopic (exact) mass is 370 g/mol. The number of benzene rings is 1. The van der Waals surface area contributed by atoms with Gasteiger partial charge in [0.05, 0.1) is 24.3 Å². The largest absolute Gasteiger partial charge is 0.462 e. The van der Waals surface area contributed by atoms with E-state index in [1.807, 2.05) is 27.7 Å². The van der Waals surface area contributed by atoms with Crippen LogP contribution in [0, 0.1) is 5.41 Å². The molecule has 0 saturated heterocycles. The molecule has 1 rings (SSSR count). The molecule has 0 spiro atoms. The van der Waals surface area contributed by atoms with Crippen LogP contribution in [0.15, 0.2) is 16.6 Å². The first kappa shape index (κ1) is 18.7. The molecular formula is C17H23BrO4. The first-order valence-corrected chi connectivity index (χ1v) is 8.15. The van der Waals surface area contributed by atoms with Crippen LogP contribution in [0.2, 0.25) is 0 Å². The molecule has 122 valence electrons. The standard InChI is InChI=1S/C17H23BrO4/c1-6-11-8-12(16(20)22-10-17(3,4)5)13(9-14(11)18)15(19)21-7-2/h8-9H,6-7,10H2,1-5H3. The molecule has 0 saturated carbocycles. The molecule has 0 atom stereocenters. The summed E-state index contributed by atoms with van der Waals surface area (Å²) in [7, 11) is 0. The molecule has 0 fully saturated rings. The lowest BCUT2D eigenvalue weighted by Crippen LogP contribution is -2.21. The van der Waals surface area contributed by atoms with Gasteiger partial charge in [0, 0.05) is 4.47 Å². The maximum absolute atomic E-state index is 12.4. The summed E-state index contributed by atoms with van der Waals surface area (Å²) < 4.78 is 11.1.